The number of benzene rings is 2. The van der Waals surface area contributed by atoms with E-state index in [0.717, 1.165) is 8.04 Å². The van der Waals surface area contributed by atoms with Gasteiger partial charge >= 0.3 is 0 Å². The van der Waals surface area contributed by atoms with Crippen molar-refractivity contribution in [3.05, 3.63) is 62.1 Å². The van der Waals surface area contributed by atoms with Gasteiger partial charge < -0.3 is 4.74 Å². The van der Waals surface area contributed by atoms with Crippen LogP contribution in [-0.4, -0.2) is 17.9 Å². The molecule has 7 heteroatoms. The van der Waals surface area contributed by atoms with Crippen molar-refractivity contribution in [3.63, 3.8) is 0 Å². The maximum absolute atomic E-state index is 12.0. The number of hydrogen-bond acceptors (Lipinski definition) is 3. The second-order valence-corrected chi connectivity index (χ2v) is 6.83. The summed E-state index contributed by atoms with van der Waals surface area (Å²) < 4.78 is 7.31. The summed E-state index contributed by atoms with van der Waals surface area (Å²) in [7, 11) is 0. The highest BCUT2D eigenvalue weighted by molar-refractivity contribution is 14.1. The van der Waals surface area contributed by atoms with E-state index < -0.39 is 12.0 Å². The van der Waals surface area contributed by atoms with Gasteiger partial charge in [0.2, 0.25) is 0 Å². The average Bonchev–Trinajstić information content (AvgIpc) is 2.52. The first-order chi connectivity index (χ1) is 11.0. The third kappa shape index (κ3) is 5.51. The van der Waals surface area contributed by atoms with Gasteiger partial charge in [0.05, 0.1) is 0 Å². The van der Waals surface area contributed by atoms with Crippen LogP contribution in [0.4, 0.5) is 0 Å². The smallest absolute Gasteiger partial charge is 0.279 e. The second-order valence-electron chi connectivity index (χ2n) is 4.67. The number of carbonyl (C=O) groups excluding carboxylic acids is 2. The van der Waals surface area contributed by atoms with Gasteiger partial charge in [-0.25, -0.2) is 0 Å². The van der Waals surface area contributed by atoms with Crippen molar-refractivity contribution >= 4 is 50.3 Å². The van der Waals surface area contributed by atoms with Gasteiger partial charge in [0, 0.05) is 13.6 Å². The topological polar surface area (TPSA) is 67.4 Å². The van der Waals surface area contributed by atoms with E-state index in [0.29, 0.717) is 11.3 Å². The van der Waals surface area contributed by atoms with Crippen molar-refractivity contribution in [3.8, 4) is 5.75 Å². The maximum atomic E-state index is 12.0. The Balaban J connectivity index is 1.87. The normalized spacial score (nSPS) is 11.4. The fourth-order valence-electron chi connectivity index (χ4n) is 1.72. The van der Waals surface area contributed by atoms with Crippen molar-refractivity contribution in [2.75, 3.05) is 0 Å². The summed E-state index contributed by atoms with van der Waals surface area (Å²) in [6.45, 7) is 1.61. The molecule has 0 saturated carbocycles. The van der Waals surface area contributed by atoms with Crippen molar-refractivity contribution in [1.29, 1.82) is 0 Å². The van der Waals surface area contributed by atoms with Crippen LogP contribution in [0.1, 0.15) is 17.3 Å². The molecule has 2 aromatic carbocycles. The molecular formula is C16H14BrIN2O3. The van der Waals surface area contributed by atoms with Crippen molar-refractivity contribution in [1.82, 2.24) is 10.9 Å². The number of ether oxygens (including phenoxy) is 1. The molecule has 0 aliphatic heterocycles. The van der Waals surface area contributed by atoms with Gasteiger partial charge in [-0.2, -0.15) is 0 Å². The fraction of sp³-hybridized carbons (Fsp3) is 0.125. The molecule has 0 spiro atoms. The minimum absolute atomic E-state index is 0.383. The molecule has 0 aliphatic rings. The van der Waals surface area contributed by atoms with E-state index in [1.807, 2.05) is 18.2 Å². The number of amides is 2. The summed E-state index contributed by atoms with van der Waals surface area (Å²) in [5.74, 6) is -0.263. The van der Waals surface area contributed by atoms with Gasteiger partial charge in [0.1, 0.15) is 5.75 Å². The Kier molecular flexibility index (Phi) is 6.40. The molecule has 2 N–H and O–H groups in total. The Labute approximate surface area is 156 Å². The van der Waals surface area contributed by atoms with Crippen LogP contribution in [0.2, 0.25) is 0 Å². The van der Waals surface area contributed by atoms with Crippen LogP contribution < -0.4 is 15.6 Å². The van der Waals surface area contributed by atoms with Gasteiger partial charge in [0.15, 0.2) is 6.10 Å². The van der Waals surface area contributed by atoms with Gasteiger partial charge in [-0.1, -0.05) is 28.1 Å². The zero-order valence-corrected chi connectivity index (χ0v) is 15.9. The first-order valence-corrected chi connectivity index (χ1v) is 8.61. The Morgan fingerprint density at radius 3 is 2.57 bits per heavy atom. The van der Waals surface area contributed by atoms with Crippen LogP contribution in [0.3, 0.4) is 0 Å². The third-order valence-corrected chi connectivity index (χ3v) is 4.03. The highest BCUT2D eigenvalue weighted by Crippen LogP contribution is 2.18. The molecule has 1 unspecified atom stereocenters. The number of nitrogens with one attached hydrogen (secondary N) is 2. The fourth-order valence-corrected chi connectivity index (χ4v) is 2.64. The van der Waals surface area contributed by atoms with Crippen LogP contribution in [0.25, 0.3) is 0 Å². The highest BCUT2D eigenvalue weighted by atomic mass is 127. The van der Waals surface area contributed by atoms with Crippen LogP contribution >= 0.6 is 38.5 Å². The lowest BCUT2D eigenvalue weighted by Gasteiger charge is -2.15. The largest absolute Gasteiger partial charge is 0.481 e. The zero-order chi connectivity index (χ0) is 16.8. The van der Waals surface area contributed by atoms with Crippen LogP contribution in [0, 0.1) is 3.57 Å². The Hall–Kier alpha value is -1.61. The zero-order valence-electron chi connectivity index (χ0n) is 12.2. The number of hydrogen-bond donors (Lipinski definition) is 2. The first-order valence-electron chi connectivity index (χ1n) is 6.73. The SMILES string of the molecule is CC(Oc1cccc(Br)c1)C(=O)NNC(=O)c1cccc(I)c1. The third-order valence-electron chi connectivity index (χ3n) is 2.86. The number of carbonyl (C=O) groups is 2. The van der Waals surface area contributed by atoms with E-state index in [2.05, 4.69) is 49.4 Å². The molecule has 2 aromatic rings. The molecule has 23 heavy (non-hydrogen) atoms. The lowest BCUT2D eigenvalue weighted by molar-refractivity contribution is -0.128. The molecular weight excluding hydrogens is 475 g/mol. The molecule has 0 fully saturated rings. The van der Waals surface area contributed by atoms with Gasteiger partial charge in [-0.15, -0.1) is 0 Å². The van der Waals surface area contributed by atoms with Gasteiger partial charge in [-0.3, -0.25) is 20.4 Å². The van der Waals surface area contributed by atoms with Crippen molar-refractivity contribution in [2.24, 2.45) is 0 Å². The maximum Gasteiger partial charge on any atom is 0.279 e. The lowest BCUT2D eigenvalue weighted by Crippen LogP contribution is -2.47. The minimum Gasteiger partial charge on any atom is -0.481 e. The molecule has 5 nitrogen and oxygen atoms in total. The molecule has 0 bridgehead atoms. The summed E-state index contributed by atoms with van der Waals surface area (Å²) >= 11 is 5.45. The van der Waals surface area contributed by atoms with E-state index in [1.54, 1.807) is 37.3 Å². The standard InChI is InChI=1S/C16H14BrIN2O3/c1-10(23-14-7-3-5-12(17)9-14)15(21)19-20-16(22)11-4-2-6-13(18)8-11/h2-10H,1H3,(H,19,21)(H,20,22). The van der Waals surface area contributed by atoms with E-state index >= 15 is 0 Å². The predicted octanol–water partition coefficient (Wildman–Crippen LogP) is 3.28. The van der Waals surface area contributed by atoms with Crippen molar-refractivity contribution < 1.29 is 14.3 Å². The Morgan fingerprint density at radius 2 is 1.87 bits per heavy atom. The summed E-state index contributed by atoms with van der Waals surface area (Å²) in [6, 6.07) is 14.2. The van der Waals surface area contributed by atoms with E-state index in [9.17, 15) is 9.59 Å². The molecule has 2 amide bonds. The second kappa shape index (κ2) is 8.30. The minimum atomic E-state index is -0.750. The lowest BCUT2D eigenvalue weighted by atomic mass is 10.2. The molecule has 0 radical (unpaired) electrons. The molecule has 0 aliphatic carbocycles. The van der Waals surface area contributed by atoms with Crippen molar-refractivity contribution in [2.45, 2.75) is 13.0 Å². The number of halogens is 2. The van der Waals surface area contributed by atoms with Gasteiger partial charge in [0.25, 0.3) is 11.8 Å². The molecule has 0 saturated heterocycles. The molecule has 1 atom stereocenters. The van der Waals surface area contributed by atoms with Crippen LogP contribution in [-0.2, 0) is 4.79 Å². The average molecular weight is 489 g/mol. The monoisotopic (exact) mass is 488 g/mol. The first kappa shape index (κ1) is 17.7. The molecule has 120 valence electrons. The summed E-state index contributed by atoms with van der Waals surface area (Å²) in [5.41, 5.74) is 5.20. The molecule has 2 rings (SSSR count). The Bertz CT molecular complexity index is 724. The summed E-state index contributed by atoms with van der Waals surface area (Å²) in [4.78, 5) is 23.9. The van der Waals surface area contributed by atoms with Gasteiger partial charge in [-0.05, 0) is 65.9 Å². The van der Waals surface area contributed by atoms with Crippen LogP contribution in [0.5, 0.6) is 5.75 Å². The number of hydrazine groups is 1. The summed E-state index contributed by atoms with van der Waals surface area (Å²) in [6.07, 6.45) is -0.750. The van der Waals surface area contributed by atoms with E-state index in [4.69, 9.17) is 4.74 Å². The van der Waals surface area contributed by atoms with E-state index in [-0.39, 0.29) is 5.91 Å². The van der Waals surface area contributed by atoms with Crippen LogP contribution in [0.15, 0.2) is 53.0 Å². The highest BCUT2D eigenvalue weighted by Gasteiger charge is 2.16. The number of rotatable bonds is 4. The summed E-state index contributed by atoms with van der Waals surface area (Å²) in [5, 5.41) is 0. The predicted molar refractivity (Wildman–Crippen MR) is 99.0 cm³/mol. The quantitative estimate of drug-likeness (QED) is 0.512. The van der Waals surface area contributed by atoms with E-state index in [1.165, 1.54) is 0 Å². The molecule has 0 heterocycles. The molecule has 0 aromatic heterocycles. The Morgan fingerprint density at radius 1 is 1.13 bits per heavy atom.